The van der Waals surface area contributed by atoms with Crippen LogP contribution >= 0.6 is 11.8 Å². The number of nitrogens with zero attached hydrogens (tertiary/aromatic N) is 1. The second kappa shape index (κ2) is 5.47. The van der Waals surface area contributed by atoms with Crippen molar-refractivity contribution in [1.82, 2.24) is 9.62 Å². The first-order valence-electron chi connectivity index (χ1n) is 6.34. The first-order valence-corrected chi connectivity index (χ1v) is 8.89. The summed E-state index contributed by atoms with van der Waals surface area (Å²) in [5.41, 5.74) is 0. The number of nitrogens with one attached hydrogen (secondary N) is 1. The van der Waals surface area contributed by atoms with E-state index in [0.717, 1.165) is 0 Å². The van der Waals surface area contributed by atoms with Gasteiger partial charge in [0.25, 0.3) is 0 Å². The Morgan fingerprint density at radius 2 is 1.82 bits per heavy atom. The second-order valence-corrected chi connectivity index (χ2v) is 9.09. The molecule has 17 heavy (non-hydrogen) atoms. The molecule has 0 aromatic rings. The Balaban J connectivity index is 1.84. The Kier molecular flexibility index (Phi) is 4.39. The number of hydrogen-bond acceptors (Lipinski definition) is 4. The molecular weight excluding hydrogens is 256 g/mol. The first kappa shape index (κ1) is 13.6. The lowest BCUT2D eigenvalue weighted by molar-refractivity contribution is 0.404. The van der Waals surface area contributed by atoms with Gasteiger partial charge in [-0.1, -0.05) is 13.8 Å². The van der Waals surface area contributed by atoms with E-state index in [9.17, 15) is 8.42 Å². The van der Waals surface area contributed by atoms with Gasteiger partial charge in [-0.05, 0) is 12.8 Å². The van der Waals surface area contributed by atoms with E-state index in [4.69, 9.17) is 0 Å². The highest BCUT2D eigenvalue weighted by molar-refractivity contribution is 8.00. The van der Waals surface area contributed by atoms with Crippen LogP contribution < -0.4 is 5.32 Å². The minimum Gasteiger partial charge on any atom is -0.313 e. The highest BCUT2D eigenvalue weighted by atomic mass is 32.2. The molecule has 4 nitrogen and oxygen atoms in total. The molecule has 2 fully saturated rings. The highest BCUT2D eigenvalue weighted by Crippen LogP contribution is 2.26. The van der Waals surface area contributed by atoms with E-state index < -0.39 is 10.0 Å². The molecule has 1 heterocycles. The van der Waals surface area contributed by atoms with Gasteiger partial charge in [-0.3, -0.25) is 0 Å². The second-order valence-electron chi connectivity index (χ2n) is 5.12. The predicted octanol–water partition coefficient (Wildman–Crippen LogP) is 0.894. The molecule has 6 heteroatoms. The van der Waals surface area contributed by atoms with Crippen molar-refractivity contribution in [3.63, 3.8) is 0 Å². The molecule has 1 saturated heterocycles. The zero-order chi connectivity index (χ0) is 12.5. The summed E-state index contributed by atoms with van der Waals surface area (Å²) in [4.78, 5) is 0. The monoisotopic (exact) mass is 278 g/mol. The quantitative estimate of drug-likeness (QED) is 0.811. The Morgan fingerprint density at radius 3 is 2.35 bits per heavy atom. The lowest BCUT2D eigenvalue weighted by Gasteiger charge is -2.33. The van der Waals surface area contributed by atoms with Crippen LogP contribution in [0.4, 0.5) is 0 Å². The fraction of sp³-hybridized carbons (Fsp3) is 1.00. The molecule has 1 aliphatic carbocycles. The van der Waals surface area contributed by atoms with Crippen LogP contribution in [0.5, 0.6) is 0 Å². The molecule has 2 atom stereocenters. The zero-order valence-electron chi connectivity index (χ0n) is 10.6. The van der Waals surface area contributed by atoms with Gasteiger partial charge in [-0.2, -0.15) is 16.1 Å². The number of rotatable bonds is 5. The summed E-state index contributed by atoms with van der Waals surface area (Å²) >= 11 is 1.88. The SMILES string of the molecule is CC1CN(S(=O)(=O)CCNC2CC2)CC(C)S1. The van der Waals surface area contributed by atoms with E-state index >= 15 is 0 Å². The fourth-order valence-corrected chi connectivity index (χ4v) is 5.22. The average molecular weight is 278 g/mol. The molecule has 1 saturated carbocycles. The third-order valence-corrected chi connectivity index (χ3v) is 6.18. The molecule has 1 N–H and O–H groups in total. The van der Waals surface area contributed by atoms with E-state index in [0.29, 0.717) is 36.2 Å². The van der Waals surface area contributed by atoms with Crippen molar-refractivity contribution < 1.29 is 8.42 Å². The van der Waals surface area contributed by atoms with Gasteiger partial charge in [0.05, 0.1) is 5.75 Å². The smallest absolute Gasteiger partial charge is 0.215 e. The van der Waals surface area contributed by atoms with Crippen LogP contribution in [0.15, 0.2) is 0 Å². The number of sulfonamides is 1. The summed E-state index contributed by atoms with van der Waals surface area (Å²) in [5, 5.41) is 4.08. The normalized spacial score (nSPS) is 31.6. The molecule has 0 aromatic heterocycles. The molecule has 1 aliphatic heterocycles. The highest BCUT2D eigenvalue weighted by Gasteiger charge is 2.31. The van der Waals surface area contributed by atoms with Crippen molar-refractivity contribution in [3.8, 4) is 0 Å². The van der Waals surface area contributed by atoms with Crippen molar-refractivity contribution in [2.24, 2.45) is 0 Å². The van der Waals surface area contributed by atoms with E-state index in [1.807, 2.05) is 11.8 Å². The molecule has 0 radical (unpaired) electrons. The van der Waals surface area contributed by atoms with Crippen molar-refractivity contribution in [2.75, 3.05) is 25.4 Å². The van der Waals surface area contributed by atoms with E-state index in [1.54, 1.807) is 4.31 Å². The van der Waals surface area contributed by atoms with Crippen molar-refractivity contribution in [2.45, 2.75) is 43.2 Å². The third kappa shape index (κ3) is 4.12. The molecule has 2 unspecified atom stereocenters. The molecule has 2 aliphatic rings. The van der Waals surface area contributed by atoms with Crippen molar-refractivity contribution in [3.05, 3.63) is 0 Å². The summed E-state index contributed by atoms with van der Waals surface area (Å²) in [6, 6.07) is 0.583. The molecule has 0 aromatic carbocycles. The molecule has 0 amide bonds. The third-order valence-electron chi connectivity index (χ3n) is 3.15. The minimum absolute atomic E-state index is 0.244. The number of hydrogen-bond donors (Lipinski definition) is 1. The minimum atomic E-state index is -3.06. The lowest BCUT2D eigenvalue weighted by atomic mass is 10.4. The fourth-order valence-electron chi connectivity index (χ4n) is 2.17. The van der Waals surface area contributed by atoms with Gasteiger partial charge >= 0.3 is 0 Å². The van der Waals surface area contributed by atoms with Crippen LogP contribution in [0.2, 0.25) is 0 Å². The van der Waals surface area contributed by atoms with Crippen LogP contribution in [0.1, 0.15) is 26.7 Å². The Bertz CT molecular complexity index is 344. The lowest BCUT2D eigenvalue weighted by Crippen LogP contribution is -2.46. The maximum Gasteiger partial charge on any atom is 0.215 e. The van der Waals surface area contributed by atoms with E-state index in [-0.39, 0.29) is 5.75 Å². The molecule has 2 rings (SSSR count). The molecule has 0 bridgehead atoms. The Labute approximate surface area is 109 Å². The van der Waals surface area contributed by atoms with Gasteiger partial charge in [-0.15, -0.1) is 0 Å². The van der Waals surface area contributed by atoms with Gasteiger partial charge in [0.2, 0.25) is 10.0 Å². The van der Waals surface area contributed by atoms with E-state index in [1.165, 1.54) is 12.8 Å². The predicted molar refractivity (Wildman–Crippen MR) is 72.9 cm³/mol. The van der Waals surface area contributed by atoms with Crippen molar-refractivity contribution in [1.29, 1.82) is 0 Å². The maximum atomic E-state index is 12.2. The van der Waals surface area contributed by atoms with Crippen LogP contribution in [0, 0.1) is 0 Å². The van der Waals surface area contributed by atoms with Crippen molar-refractivity contribution >= 4 is 21.8 Å². The summed E-state index contributed by atoms with van der Waals surface area (Å²) < 4.78 is 26.0. The van der Waals surface area contributed by atoms with Crippen LogP contribution in [-0.2, 0) is 10.0 Å². The Hall–Kier alpha value is 0.220. The summed E-state index contributed by atoms with van der Waals surface area (Å²) in [7, 11) is -3.06. The number of thioether (sulfide) groups is 1. The van der Waals surface area contributed by atoms with Crippen LogP contribution in [0.3, 0.4) is 0 Å². The maximum absolute atomic E-state index is 12.2. The molecular formula is C11H22N2O2S2. The first-order chi connectivity index (χ1) is 7.97. The van der Waals surface area contributed by atoms with Gasteiger partial charge in [0, 0.05) is 36.2 Å². The topological polar surface area (TPSA) is 49.4 Å². The van der Waals surface area contributed by atoms with Gasteiger partial charge < -0.3 is 5.32 Å². The van der Waals surface area contributed by atoms with Gasteiger partial charge in [-0.25, -0.2) is 8.42 Å². The Morgan fingerprint density at radius 1 is 1.24 bits per heavy atom. The summed E-state index contributed by atoms with van der Waals surface area (Å²) in [6.07, 6.45) is 2.41. The van der Waals surface area contributed by atoms with Crippen LogP contribution in [-0.4, -0.2) is 54.7 Å². The van der Waals surface area contributed by atoms with E-state index in [2.05, 4.69) is 19.2 Å². The molecule has 0 spiro atoms. The summed E-state index contributed by atoms with van der Waals surface area (Å²) in [6.45, 7) is 6.14. The summed E-state index contributed by atoms with van der Waals surface area (Å²) in [5.74, 6) is 0.244. The largest absolute Gasteiger partial charge is 0.313 e. The standard InChI is InChI=1S/C11H22N2O2S2/c1-9-7-13(8-10(2)16-9)17(14,15)6-5-12-11-3-4-11/h9-12H,3-8H2,1-2H3. The van der Waals surface area contributed by atoms with Gasteiger partial charge in [0.15, 0.2) is 0 Å². The molecule has 100 valence electrons. The zero-order valence-corrected chi connectivity index (χ0v) is 12.2. The average Bonchev–Trinajstić information content (AvgIpc) is 3.00. The van der Waals surface area contributed by atoms with Gasteiger partial charge in [0.1, 0.15) is 0 Å². The van der Waals surface area contributed by atoms with Crippen LogP contribution in [0.25, 0.3) is 0 Å².